The SMILES string of the molecule is I.NC(=NCc1cccc(-c2ccccn2)c1)NCCCN1CCOCC1. The molecular formula is C20H28IN5O. The van der Waals surface area contributed by atoms with Crippen molar-refractivity contribution >= 4 is 29.9 Å². The molecule has 1 fully saturated rings. The standard InChI is InChI=1S/C20H27N5O.HI/c21-20(23-9-4-10-25-11-13-26-14-12-25)24-16-17-5-3-6-18(15-17)19-7-1-2-8-22-19;/h1-3,5-8,15H,4,9-14,16H2,(H3,21,23,24);1H. The van der Waals surface area contributed by atoms with E-state index in [1.807, 2.05) is 24.3 Å². The minimum atomic E-state index is 0. The number of aromatic nitrogens is 1. The topological polar surface area (TPSA) is 75.8 Å². The number of nitrogens with zero attached hydrogens (tertiary/aromatic N) is 3. The summed E-state index contributed by atoms with van der Waals surface area (Å²) in [5.74, 6) is 0.496. The van der Waals surface area contributed by atoms with Crippen LogP contribution in [0.5, 0.6) is 0 Å². The van der Waals surface area contributed by atoms with Crippen LogP contribution in [0.3, 0.4) is 0 Å². The highest BCUT2D eigenvalue weighted by Gasteiger charge is 2.09. The molecule has 0 spiro atoms. The van der Waals surface area contributed by atoms with Gasteiger partial charge in [-0.05, 0) is 36.7 Å². The molecule has 6 nitrogen and oxygen atoms in total. The van der Waals surface area contributed by atoms with E-state index in [0.29, 0.717) is 12.5 Å². The van der Waals surface area contributed by atoms with Crippen LogP contribution in [0.1, 0.15) is 12.0 Å². The van der Waals surface area contributed by atoms with Crippen LogP contribution in [0.15, 0.2) is 53.7 Å². The van der Waals surface area contributed by atoms with Crippen molar-refractivity contribution in [3.8, 4) is 11.3 Å². The largest absolute Gasteiger partial charge is 0.379 e. The zero-order valence-electron chi connectivity index (χ0n) is 15.5. The first-order valence-electron chi connectivity index (χ1n) is 9.15. The molecule has 7 heteroatoms. The van der Waals surface area contributed by atoms with Crippen LogP contribution in [0.25, 0.3) is 11.3 Å². The number of ether oxygens (including phenoxy) is 1. The van der Waals surface area contributed by atoms with E-state index in [9.17, 15) is 0 Å². The second-order valence-corrected chi connectivity index (χ2v) is 6.35. The van der Waals surface area contributed by atoms with E-state index in [0.717, 1.165) is 62.6 Å². The fraction of sp³-hybridized carbons (Fsp3) is 0.400. The predicted molar refractivity (Wildman–Crippen MR) is 120 cm³/mol. The summed E-state index contributed by atoms with van der Waals surface area (Å²) in [5.41, 5.74) is 9.16. The third kappa shape index (κ3) is 7.43. The van der Waals surface area contributed by atoms with Gasteiger partial charge in [-0.15, -0.1) is 24.0 Å². The monoisotopic (exact) mass is 481 g/mol. The molecule has 0 saturated carbocycles. The number of pyridine rings is 1. The summed E-state index contributed by atoms with van der Waals surface area (Å²) in [6, 6.07) is 14.2. The Bertz CT molecular complexity index is 705. The van der Waals surface area contributed by atoms with Crippen molar-refractivity contribution < 1.29 is 4.74 Å². The molecule has 0 bridgehead atoms. The Kier molecular flexibility index (Phi) is 9.51. The zero-order valence-corrected chi connectivity index (χ0v) is 17.8. The average Bonchev–Trinajstić information content (AvgIpc) is 2.71. The Labute approximate surface area is 178 Å². The number of rotatable bonds is 7. The predicted octanol–water partition coefficient (Wildman–Crippen LogP) is 2.49. The fourth-order valence-corrected chi connectivity index (χ4v) is 2.94. The van der Waals surface area contributed by atoms with Crippen molar-refractivity contribution in [2.24, 2.45) is 10.7 Å². The summed E-state index contributed by atoms with van der Waals surface area (Å²) in [4.78, 5) is 11.3. The van der Waals surface area contributed by atoms with Gasteiger partial charge in [-0.2, -0.15) is 0 Å². The second-order valence-electron chi connectivity index (χ2n) is 6.35. The van der Waals surface area contributed by atoms with Gasteiger partial charge in [-0.3, -0.25) is 9.88 Å². The summed E-state index contributed by atoms with van der Waals surface area (Å²) in [6.07, 6.45) is 2.85. The lowest BCUT2D eigenvalue weighted by Crippen LogP contribution is -2.39. The van der Waals surface area contributed by atoms with Crippen LogP contribution < -0.4 is 11.1 Å². The van der Waals surface area contributed by atoms with Crippen LogP contribution >= 0.6 is 24.0 Å². The van der Waals surface area contributed by atoms with Crippen LogP contribution in [0, 0.1) is 0 Å². The number of aliphatic imine (C=N–C) groups is 1. The number of benzene rings is 1. The van der Waals surface area contributed by atoms with Gasteiger partial charge in [0.25, 0.3) is 0 Å². The van der Waals surface area contributed by atoms with Crippen molar-refractivity contribution in [2.75, 3.05) is 39.4 Å². The maximum Gasteiger partial charge on any atom is 0.188 e. The molecular weight excluding hydrogens is 453 g/mol. The van der Waals surface area contributed by atoms with Gasteiger partial charge in [0.2, 0.25) is 0 Å². The maximum atomic E-state index is 5.98. The smallest absolute Gasteiger partial charge is 0.188 e. The second kappa shape index (κ2) is 11.9. The molecule has 3 rings (SSSR count). The van der Waals surface area contributed by atoms with Crippen molar-refractivity contribution in [3.63, 3.8) is 0 Å². The van der Waals surface area contributed by atoms with Gasteiger partial charge >= 0.3 is 0 Å². The first-order valence-corrected chi connectivity index (χ1v) is 9.15. The minimum absolute atomic E-state index is 0. The molecule has 0 amide bonds. The van der Waals surface area contributed by atoms with Crippen molar-refractivity contribution in [1.82, 2.24) is 15.2 Å². The lowest BCUT2D eigenvalue weighted by Gasteiger charge is -2.26. The summed E-state index contributed by atoms with van der Waals surface area (Å²) in [7, 11) is 0. The molecule has 1 aromatic heterocycles. The molecule has 1 aliphatic heterocycles. The van der Waals surface area contributed by atoms with Gasteiger partial charge < -0.3 is 15.8 Å². The summed E-state index contributed by atoms with van der Waals surface area (Å²) in [5, 5.41) is 3.20. The van der Waals surface area contributed by atoms with Crippen molar-refractivity contribution in [3.05, 3.63) is 54.2 Å². The molecule has 2 aromatic rings. The van der Waals surface area contributed by atoms with E-state index >= 15 is 0 Å². The number of halogens is 1. The number of morpholine rings is 1. The Balaban J connectivity index is 0.00000261. The van der Waals surface area contributed by atoms with Crippen LogP contribution in [0.4, 0.5) is 0 Å². The lowest BCUT2D eigenvalue weighted by molar-refractivity contribution is 0.0376. The molecule has 2 heterocycles. The van der Waals surface area contributed by atoms with Gasteiger partial charge in [0.05, 0.1) is 25.5 Å². The van der Waals surface area contributed by atoms with Gasteiger partial charge in [0.15, 0.2) is 5.96 Å². The number of guanidine groups is 1. The molecule has 146 valence electrons. The Hall–Kier alpha value is -1.71. The van der Waals surface area contributed by atoms with Gasteiger partial charge in [-0.25, -0.2) is 4.99 Å². The van der Waals surface area contributed by atoms with Gasteiger partial charge in [0, 0.05) is 31.4 Å². The molecule has 0 atom stereocenters. The highest BCUT2D eigenvalue weighted by atomic mass is 127. The average molecular weight is 481 g/mol. The minimum Gasteiger partial charge on any atom is -0.379 e. The Morgan fingerprint density at radius 2 is 2.04 bits per heavy atom. The summed E-state index contributed by atoms with van der Waals surface area (Å²) < 4.78 is 5.35. The van der Waals surface area contributed by atoms with E-state index in [2.05, 4.69) is 38.4 Å². The number of nitrogens with two attached hydrogens (primary N) is 1. The van der Waals surface area contributed by atoms with E-state index in [1.165, 1.54) is 0 Å². The van der Waals surface area contributed by atoms with Gasteiger partial charge in [-0.1, -0.05) is 24.3 Å². The molecule has 0 aliphatic carbocycles. The molecule has 0 radical (unpaired) electrons. The molecule has 3 N–H and O–H groups in total. The highest BCUT2D eigenvalue weighted by Crippen LogP contribution is 2.18. The molecule has 1 saturated heterocycles. The van der Waals surface area contributed by atoms with E-state index in [-0.39, 0.29) is 24.0 Å². The number of nitrogens with one attached hydrogen (secondary N) is 1. The van der Waals surface area contributed by atoms with Gasteiger partial charge in [0.1, 0.15) is 0 Å². The molecule has 0 unspecified atom stereocenters. The summed E-state index contributed by atoms with van der Waals surface area (Å²) in [6.45, 7) is 6.19. The van der Waals surface area contributed by atoms with E-state index in [4.69, 9.17) is 10.5 Å². The lowest BCUT2D eigenvalue weighted by atomic mass is 10.1. The number of hydrogen-bond acceptors (Lipinski definition) is 4. The van der Waals surface area contributed by atoms with Crippen LogP contribution in [0.2, 0.25) is 0 Å². The molecule has 27 heavy (non-hydrogen) atoms. The normalized spacial score (nSPS) is 15.2. The molecule has 1 aromatic carbocycles. The third-order valence-electron chi connectivity index (χ3n) is 4.38. The zero-order chi connectivity index (χ0) is 18.0. The fourth-order valence-electron chi connectivity index (χ4n) is 2.94. The molecule has 1 aliphatic rings. The Morgan fingerprint density at radius 1 is 1.19 bits per heavy atom. The first kappa shape index (κ1) is 21.6. The van der Waals surface area contributed by atoms with E-state index in [1.54, 1.807) is 6.20 Å². The third-order valence-corrected chi connectivity index (χ3v) is 4.38. The highest BCUT2D eigenvalue weighted by molar-refractivity contribution is 14.0. The maximum absolute atomic E-state index is 5.98. The van der Waals surface area contributed by atoms with Crippen molar-refractivity contribution in [1.29, 1.82) is 0 Å². The van der Waals surface area contributed by atoms with Crippen molar-refractivity contribution in [2.45, 2.75) is 13.0 Å². The quantitative estimate of drug-likeness (QED) is 0.275. The number of hydrogen-bond donors (Lipinski definition) is 2. The Morgan fingerprint density at radius 3 is 2.81 bits per heavy atom. The van der Waals surface area contributed by atoms with Crippen LogP contribution in [-0.2, 0) is 11.3 Å². The first-order chi connectivity index (χ1) is 12.8. The van der Waals surface area contributed by atoms with E-state index < -0.39 is 0 Å². The van der Waals surface area contributed by atoms with Crippen LogP contribution in [-0.4, -0.2) is 55.2 Å². The summed E-state index contributed by atoms with van der Waals surface area (Å²) >= 11 is 0.